The second kappa shape index (κ2) is 10.8. The van der Waals surface area contributed by atoms with Crippen LogP contribution in [0.4, 0.5) is 0 Å². The Hall–Kier alpha value is -3.35. The molecule has 0 radical (unpaired) electrons. The van der Waals surface area contributed by atoms with Crippen LogP contribution < -0.4 is 15.4 Å². The van der Waals surface area contributed by atoms with E-state index in [9.17, 15) is 14.4 Å². The Balaban J connectivity index is 1.68. The van der Waals surface area contributed by atoms with Crippen molar-refractivity contribution >= 4 is 17.7 Å². The highest BCUT2D eigenvalue weighted by Crippen LogP contribution is 2.23. The zero-order chi connectivity index (χ0) is 23.1. The first-order valence-electron chi connectivity index (χ1n) is 11.0. The van der Waals surface area contributed by atoms with E-state index in [2.05, 4.69) is 10.6 Å². The van der Waals surface area contributed by atoms with Gasteiger partial charge < -0.3 is 20.3 Å². The summed E-state index contributed by atoms with van der Waals surface area (Å²) in [6.45, 7) is 4.87. The van der Waals surface area contributed by atoms with Gasteiger partial charge in [0.05, 0.1) is 7.11 Å². The quantitative estimate of drug-likeness (QED) is 0.697. The van der Waals surface area contributed by atoms with Crippen molar-refractivity contribution < 1.29 is 19.1 Å². The zero-order valence-corrected chi connectivity index (χ0v) is 18.8. The number of ether oxygens (including phenoxy) is 1. The molecule has 0 aliphatic carbocycles. The average molecular weight is 438 g/mol. The Bertz CT molecular complexity index is 920. The molecule has 0 aromatic heterocycles. The maximum Gasteiger partial charge on any atom is 0.253 e. The number of likely N-dealkylation sites (tertiary alicyclic amines) is 1. The maximum absolute atomic E-state index is 12.9. The molecule has 7 nitrogen and oxygen atoms in total. The fourth-order valence-electron chi connectivity index (χ4n) is 3.94. The van der Waals surface area contributed by atoms with Crippen LogP contribution in [0.25, 0.3) is 0 Å². The molecule has 3 amide bonds. The summed E-state index contributed by atoms with van der Waals surface area (Å²) in [5.41, 5.74) is 1.12. The number of nitrogens with one attached hydrogen (secondary N) is 2. The van der Waals surface area contributed by atoms with Crippen LogP contribution in [0.2, 0.25) is 0 Å². The Kier molecular flexibility index (Phi) is 7.87. The fraction of sp³-hybridized carbons (Fsp3) is 0.400. The number of hydrogen-bond donors (Lipinski definition) is 2. The molecule has 2 aromatic carbocycles. The molecule has 7 heteroatoms. The molecule has 1 aliphatic heterocycles. The summed E-state index contributed by atoms with van der Waals surface area (Å²) < 4.78 is 5.14. The van der Waals surface area contributed by atoms with E-state index in [1.54, 1.807) is 31.4 Å². The second-order valence-electron chi connectivity index (χ2n) is 8.34. The van der Waals surface area contributed by atoms with E-state index in [1.165, 1.54) is 0 Å². The topological polar surface area (TPSA) is 87.7 Å². The molecule has 0 unspecified atom stereocenters. The normalized spacial score (nSPS) is 15.2. The van der Waals surface area contributed by atoms with Gasteiger partial charge in [-0.05, 0) is 69.0 Å². The van der Waals surface area contributed by atoms with E-state index in [0.29, 0.717) is 42.8 Å². The Labute approximate surface area is 189 Å². The van der Waals surface area contributed by atoms with E-state index in [0.717, 1.165) is 0 Å². The first-order chi connectivity index (χ1) is 15.4. The molecule has 1 saturated heterocycles. The molecule has 2 N–H and O–H groups in total. The van der Waals surface area contributed by atoms with Gasteiger partial charge in [-0.25, -0.2) is 0 Å². The predicted octanol–water partition coefficient (Wildman–Crippen LogP) is 2.87. The SMILES string of the molecule is COc1ccc(C(=O)N[C@H](C(=O)NC(C)C)C2CCN(C(=O)c3ccccc3)CC2)cc1. The van der Waals surface area contributed by atoms with Gasteiger partial charge in [-0.2, -0.15) is 0 Å². The minimum Gasteiger partial charge on any atom is -0.497 e. The number of carbonyl (C=O) groups is 3. The lowest BCUT2D eigenvalue weighted by Gasteiger charge is -2.36. The molecule has 1 heterocycles. The van der Waals surface area contributed by atoms with Crippen molar-refractivity contribution in [3.8, 4) is 5.75 Å². The molecule has 170 valence electrons. The number of methoxy groups -OCH3 is 1. The molecule has 0 saturated carbocycles. The number of hydrogen-bond acceptors (Lipinski definition) is 4. The van der Waals surface area contributed by atoms with E-state index in [4.69, 9.17) is 4.74 Å². The van der Waals surface area contributed by atoms with Gasteiger partial charge in [0.1, 0.15) is 11.8 Å². The summed E-state index contributed by atoms with van der Waals surface area (Å²) in [5, 5.41) is 5.85. The van der Waals surface area contributed by atoms with Crippen LogP contribution in [0.1, 0.15) is 47.4 Å². The van der Waals surface area contributed by atoms with Gasteiger partial charge in [-0.1, -0.05) is 18.2 Å². The van der Waals surface area contributed by atoms with Crippen molar-refractivity contribution in [1.29, 1.82) is 0 Å². The molecule has 1 aliphatic rings. The van der Waals surface area contributed by atoms with Crippen molar-refractivity contribution in [3.05, 3.63) is 65.7 Å². The smallest absolute Gasteiger partial charge is 0.253 e. The molecule has 0 bridgehead atoms. The highest BCUT2D eigenvalue weighted by Gasteiger charge is 2.34. The van der Waals surface area contributed by atoms with Gasteiger partial charge in [-0.3, -0.25) is 14.4 Å². The number of piperidine rings is 1. The van der Waals surface area contributed by atoms with Crippen molar-refractivity contribution in [1.82, 2.24) is 15.5 Å². The number of nitrogens with zero attached hydrogens (tertiary/aromatic N) is 1. The van der Waals surface area contributed by atoms with Gasteiger partial charge in [0.2, 0.25) is 5.91 Å². The fourth-order valence-corrected chi connectivity index (χ4v) is 3.94. The summed E-state index contributed by atoms with van der Waals surface area (Å²) in [5.74, 6) is 0.0884. The molecule has 3 rings (SSSR count). The lowest BCUT2D eigenvalue weighted by molar-refractivity contribution is -0.125. The lowest BCUT2D eigenvalue weighted by atomic mass is 9.88. The van der Waals surface area contributed by atoms with Crippen LogP contribution >= 0.6 is 0 Å². The molecule has 2 aromatic rings. The van der Waals surface area contributed by atoms with Gasteiger partial charge >= 0.3 is 0 Å². The van der Waals surface area contributed by atoms with E-state index >= 15 is 0 Å². The molecular formula is C25H31N3O4. The van der Waals surface area contributed by atoms with Crippen molar-refractivity contribution in [2.45, 2.75) is 38.8 Å². The Morgan fingerprint density at radius 3 is 2.09 bits per heavy atom. The second-order valence-corrected chi connectivity index (χ2v) is 8.34. The average Bonchev–Trinajstić information content (AvgIpc) is 2.82. The van der Waals surface area contributed by atoms with Crippen LogP contribution in [0.3, 0.4) is 0 Å². The van der Waals surface area contributed by atoms with Crippen LogP contribution in [0.5, 0.6) is 5.75 Å². The van der Waals surface area contributed by atoms with Crippen molar-refractivity contribution in [2.24, 2.45) is 5.92 Å². The van der Waals surface area contributed by atoms with Crippen LogP contribution in [-0.2, 0) is 4.79 Å². The summed E-state index contributed by atoms with van der Waals surface area (Å²) in [6, 6.07) is 15.3. The molecule has 1 fully saturated rings. The Morgan fingerprint density at radius 2 is 1.53 bits per heavy atom. The first kappa shape index (κ1) is 23.3. The molecular weight excluding hydrogens is 406 g/mol. The third-order valence-corrected chi connectivity index (χ3v) is 5.67. The number of rotatable bonds is 7. The van der Waals surface area contributed by atoms with Gasteiger partial charge in [0.25, 0.3) is 11.8 Å². The largest absolute Gasteiger partial charge is 0.497 e. The van der Waals surface area contributed by atoms with Crippen LogP contribution in [-0.4, -0.2) is 54.9 Å². The van der Waals surface area contributed by atoms with Gasteiger partial charge in [-0.15, -0.1) is 0 Å². The minimum absolute atomic E-state index is 0.00509. The minimum atomic E-state index is -0.666. The summed E-state index contributed by atoms with van der Waals surface area (Å²) in [7, 11) is 1.57. The third-order valence-electron chi connectivity index (χ3n) is 5.67. The molecule has 32 heavy (non-hydrogen) atoms. The van der Waals surface area contributed by atoms with E-state index in [1.807, 2.05) is 49.1 Å². The van der Waals surface area contributed by atoms with E-state index < -0.39 is 6.04 Å². The highest BCUT2D eigenvalue weighted by atomic mass is 16.5. The van der Waals surface area contributed by atoms with Crippen LogP contribution in [0, 0.1) is 5.92 Å². The first-order valence-corrected chi connectivity index (χ1v) is 11.0. The van der Waals surface area contributed by atoms with Gasteiger partial charge in [0.15, 0.2) is 0 Å². The standard InChI is InChI=1S/C25H31N3O4/c1-17(2)26-24(30)22(27-23(29)19-9-11-21(32-3)12-10-19)18-13-15-28(16-14-18)25(31)20-7-5-4-6-8-20/h4-12,17-18,22H,13-16H2,1-3H3,(H,26,30)(H,27,29)/t22-/m0/s1. The number of carbonyl (C=O) groups excluding carboxylic acids is 3. The Morgan fingerprint density at radius 1 is 0.906 bits per heavy atom. The monoisotopic (exact) mass is 437 g/mol. The lowest BCUT2D eigenvalue weighted by Crippen LogP contribution is -2.54. The molecule has 0 spiro atoms. The number of benzene rings is 2. The van der Waals surface area contributed by atoms with Crippen molar-refractivity contribution in [2.75, 3.05) is 20.2 Å². The zero-order valence-electron chi connectivity index (χ0n) is 18.8. The molecule has 1 atom stereocenters. The van der Waals surface area contributed by atoms with Crippen molar-refractivity contribution in [3.63, 3.8) is 0 Å². The predicted molar refractivity (Wildman–Crippen MR) is 123 cm³/mol. The highest BCUT2D eigenvalue weighted by molar-refractivity contribution is 5.98. The summed E-state index contributed by atoms with van der Waals surface area (Å²) in [6.07, 6.45) is 1.27. The van der Waals surface area contributed by atoms with Gasteiger partial charge in [0, 0.05) is 30.3 Å². The van der Waals surface area contributed by atoms with Crippen LogP contribution in [0.15, 0.2) is 54.6 Å². The summed E-state index contributed by atoms with van der Waals surface area (Å²) in [4.78, 5) is 40.3. The number of amides is 3. The maximum atomic E-state index is 12.9. The third kappa shape index (κ3) is 5.87. The summed E-state index contributed by atoms with van der Waals surface area (Å²) >= 11 is 0. The van der Waals surface area contributed by atoms with E-state index in [-0.39, 0.29) is 29.7 Å².